The van der Waals surface area contributed by atoms with Crippen LogP contribution in [0.2, 0.25) is 10.0 Å². The molecule has 0 aliphatic carbocycles. The summed E-state index contributed by atoms with van der Waals surface area (Å²) in [4.78, 5) is 12.1. The summed E-state index contributed by atoms with van der Waals surface area (Å²) in [6.07, 6.45) is 0.222. The summed E-state index contributed by atoms with van der Waals surface area (Å²) >= 11 is 11.7. The molecule has 0 atom stereocenters. The number of rotatable bonds is 6. The van der Waals surface area contributed by atoms with Crippen LogP contribution in [-0.4, -0.2) is 19.6 Å². The Morgan fingerprint density at radius 3 is 2.62 bits per heavy atom. The third-order valence-corrected chi connectivity index (χ3v) is 4.05. The minimum Gasteiger partial charge on any atom is -0.495 e. The first kappa shape index (κ1) is 18.4. The second-order valence-corrected chi connectivity index (χ2v) is 5.97. The van der Waals surface area contributed by atoms with E-state index in [0.29, 0.717) is 28.7 Å². The van der Waals surface area contributed by atoms with Gasteiger partial charge in [0.1, 0.15) is 11.6 Å². The van der Waals surface area contributed by atoms with Crippen molar-refractivity contribution in [2.24, 2.45) is 0 Å². The van der Waals surface area contributed by atoms with Gasteiger partial charge in [0, 0.05) is 29.7 Å². The zero-order valence-electron chi connectivity index (χ0n) is 13.3. The van der Waals surface area contributed by atoms with Gasteiger partial charge >= 0.3 is 0 Å². The fourth-order valence-corrected chi connectivity index (χ4v) is 2.40. The van der Waals surface area contributed by atoms with Crippen LogP contribution < -0.4 is 15.4 Å². The van der Waals surface area contributed by atoms with Gasteiger partial charge in [-0.05, 0) is 36.8 Å². The standard InChI is InChI=1S/C17H17Cl2FN2O2/c1-10-7-15(16(24-2)9-12(10)18)22-17(23)5-6-21-11-3-4-14(20)13(19)8-11/h3-4,7-9,21H,5-6H2,1-2H3,(H,22,23). The van der Waals surface area contributed by atoms with Gasteiger partial charge in [-0.1, -0.05) is 23.2 Å². The van der Waals surface area contributed by atoms with Crippen molar-refractivity contribution in [3.05, 3.63) is 51.8 Å². The molecule has 0 spiro atoms. The van der Waals surface area contributed by atoms with E-state index >= 15 is 0 Å². The van der Waals surface area contributed by atoms with Gasteiger partial charge < -0.3 is 15.4 Å². The van der Waals surface area contributed by atoms with Crippen LogP contribution in [0.4, 0.5) is 15.8 Å². The fourth-order valence-electron chi connectivity index (χ4n) is 2.07. The Balaban J connectivity index is 1.91. The van der Waals surface area contributed by atoms with Gasteiger partial charge in [0.25, 0.3) is 0 Å². The topological polar surface area (TPSA) is 50.4 Å². The van der Waals surface area contributed by atoms with E-state index in [-0.39, 0.29) is 17.4 Å². The molecule has 0 bridgehead atoms. The van der Waals surface area contributed by atoms with Crippen LogP contribution in [-0.2, 0) is 4.79 Å². The Morgan fingerprint density at radius 2 is 1.96 bits per heavy atom. The highest BCUT2D eigenvalue weighted by molar-refractivity contribution is 6.31. The molecule has 0 aliphatic heterocycles. The van der Waals surface area contributed by atoms with Crippen molar-refractivity contribution in [2.45, 2.75) is 13.3 Å². The van der Waals surface area contributed by atoms with Crippen LogP contribution in [0.1, 0.15) is 12.0 Å². The van der Waals surface area contributed by atoms with Gasteiger partial charge in [-0.2, -0.15) is 0 Å². The number of ether oxygens (including phenoxy) is 1. The molecule has 0 fully saturated rings. The summed E-state index contributed by atoms with van der Waals surface area (Å²) in [5.41, 5.74) is 2.05. The van der Waals surface area contributed by atoms with Crippen molar-refractivity contribution in [1.29, 1.82) is 0 Å². The minimum atomic E-state index is -0.481. The first-order valence-corrected chi connectivity index (χ1v) is 7.99. The Bertz CT molecular complexity index is 754. The van der Waals surface area contributed by atoms with Gasteiger partial charge in [0.2, 0.25) is 5.91 Å². The lowest BCUT2D eigenvalue weighted by atomic mass is 10.2. The maximum absolute atomic E-state index is 13.1. The second-order valence-electron chi connectivity index (χ2n) is 5.16. The predicted octanol–water partition coefficient (Wildman–Crippen LogP) is 4.89. The number of amides is 1. The highest BCUT2D eigenvalue weighted by Crippen LogP contribution is 2.31. The van der Waals surface area contributed by atoms with Crippen molar-refractivity contribution in [3.63, 3.8) is 0 Å². The van der Waals surface area contributed by atoms with E-state index in [1.165, 1.54) is 19.2 Å². The summed E-state index contributed by atoms with van der Waals surface area (Å²) in [5.74, 6) is -0.168. The Labute approximate surface area is 149 Å². The van der Waals surface area contributed by atoms with Crippen molar-refractivity contribution in [2.75, 3.05) is 24.3 Å². The quantitative estimate of drug-likeness (QED) is 0.760. The maximum Gasteiger partial charge on any atom is 0.226 e. The normalized spacial score (nSPS) is 10.4. The first-order chi connectivity index (χ1) is 11.4. The molecule has 0 aromatic heterocycles. The Kier molecular flexibility index (Phi) is 6.29. The SMILES string of the molecule is COc1cc(Cl)c(C)cc1NC(=O)CCNc1ccc(F)c(Cl)c1. The van der Waals surface area contributed by atoms with Gasteiger partial charge in [-0.15, -0.1) is 0 Å². The molecule has 0 heterocycles. The minimum absolute atomic E-state index is 0.0332. The number of hydrogen-bond donors (Lipinski definition) is 2. The third-order valence-electron chi connectivity index (χ3n) is 3.36. The van der Waals surface area contributed by atoms with Crippen LogP contribution in [0, 0.1) is 12.7 Å². The van der Waals surface area contributed by atoms with Crippen molar-refractivity contribution >= 4 is 40.5 Å². The van der Waals surface area contributed by atoms with E-state index < -0.39 is 5.82 Å². The molecule has 24 heavy (non-hydrogen) atoms. The number of benzene rings is 2. The number of halogens is 3. The summed E-state index contributed by atoms with van der Waals surface area (Å²) in [6, 6.07) is 7.72. The van der Waals surface area contributed by atoms with Gasteiger partial charge in [-0.25, -0.2) is 4.39 Å². The number of carbonyl (C=O) groups is 1. The molecule has 0 aliphatic rings. The van der Waals surface area contributed by atoms with E-state index in [0.717, 1.165) is 5.56 Å². The summed E-state index contributed by atoms with van der Waals surface area (Å²) < 4.78 is 18.3. The molecule has 2 rings (SSSR count). The summed E-state index contributed by atoms with van der Waals surface area (Å²) in [5, 5.41) is 6.40. The molecule has 2 N–H and O–H groups in total. The number of methoxy groups -OCH3 is 1. The number of anilines is 2. The lowest BCUT2D eigenvalue weighted by Gasteiger charge is -2.13. The predicted molar refractivity (Wildman–Crippen MR) is 95.9 cm³/mol. The molecule has 2 aromatic carbocycles. The van der Waals surface area contributed by atoms with Crippen LogP contribution >= 0.6 is 23.2 Å². The van der Waals surface area contributed by atoms with Crippen molar-refractivity contribution < 1.29 is 13.9 Å². The van der Waals surface area contributed by atoms with Crippen LogP contribution in [0.25, 0.3) is 0 Å². The summed E-state index contributed by atoms with van der Waals surface area (Å²) in [7, 11) is 1.51. The largest absolute Gasteiger partial charge is 0.495 e. The third kappa shape index (κ3) is 4.76. The Hall–Kier alpha value is -1.98. The number of carbonyl (C=O) groups excluding carboxylic acids is 1. The average Bonchev–Trinajstić information content (AvgIpc) is 2.54. The molecule has 2 aromatic rings. The number of hydrogen-bond acceptors (Lipinski definition) is 3. The van der Waals surface area contributed by atoms with Crippen LogP contribution in [0.3, 0.4) is 0 Å². The number of nitrogens with one attached hydrogen (secondary N) is 2. The van der Waals surface area contributed by atoms with Crippen LogP contribution in [0.15, 0.2) is 30.3 Å². The average molecular weight is 371 g/mol. The van der Waals surface area contributed by atoms with E-state index in [1.54, 1.807) is 18.2 Å². The molecule has 0 saturated heterocycles. The highest BCUT2D eigenvalue weighted by atomic mass is 35.5. The van der Waals surface area contributed by atoms with E-state index in [1.807, 2.05) is 6.92 Å². The molecule has 0 saturated carbocycles. The van der Waals surface area contributed by atoms with Gasteiger partial charge in [-0.3, -0.25) is 4.79 Å². The van der Waals surface area contributed by atoms with E-state index in [9.17, 15) is 9.18 Å². The van der Waals surface area contributed by atoms with Gasteiger partial charge in [0.15, 0.2) is 0 Å². The highest BCUT2D eigenvalue weighted by Gasteiger charge is 2.10. The van der Waals surface area contributed by atoms with E-state index in [2.05, 4.69) is 10.6 Å². The van der Waals surface area contributed by atoms with Crippen molar-refractivity contribution in [1.82, 2.24) is 0 Å². The molecular weight excluding hydrogens is 354 g/mol. The molecule has 0 radical (unpaired) electrons. The molecular formula is C17H17Cl2FN2O2. The molecule has 0 unspecified atom stereocenters. The molecule has 4 nitrogen and oxygen atoms in total. The maximum atomic E-state index is 13.1. The van der Waals surface area contributed by atoms with Gasteiger partial charge in [0.05, 0.1) is 17.8 Å². The molecule has 7 heteroatoms. The first-order valence-electron chi connectivity index (χ1n) is 7.23. The fraction of sp³-hybridized carbons (Fsp3) is 0.235. The zero-order chi connectivity index (χ0) is 17.7. The second kappa shape index (κ2) is 8.22. The lowest BCUT2D eigenvalue weighted by molar-refractivity contribution is -0.116. The lowest BCUT2D eigenvalue weighted by Crippen LogP contribution is -2.16. The Morgan fingerprint density at radius 1 is 1.21 bits per heavy atom. The summed E-state index contributed by atoms with van der Waals surface area (Å²) in [6.45, 7) is 2.22. The van der Waals surface area contributed by atoms with E-state index in [4.69, 9.17) is 27.9 Å². The monoisotopic (exact) mass is 370 g/mol. The van der Waals surface area contributed by atoms with Crippen molar-refractivity contribution in [3.8, 4) is 5.75 Å². The van der Waals surface area contributed by atoms with Crippen LogP contribution in [0.5, 0.6) is 5.75 Å². The molecule has 1 amide bonds. The zero-order valence-corrected chi connectivity index (χ0v) is 14.8. The smallest absolute Gasteiger partial charge is 0.226 e. The molecule has 128 valence electrons. The number of aryl methyl sites for hydroxylation is 1.